The molecule has 0 N–H and O–H groups in total. The lowest BCUT2D eigenvalue weighted by Gasteiger charge is -2.44. The summed E-state index contributed by atoms with van der Waals surface area (Å²) in [6.07, 6.45) is 1.87. The Morgan fingerprint density at radius 1 is 1.05 bits per heavy atom. The second kappa shape index (κ2) is 5.99. The number of anilines is 1. The predicted octanol–water partition coefficient (Wildman–Crippen LogP) is 4.78. The Morgan fingerprint density at radius 2 is 1.73 bits per heavy atom. The van der Waals surface area contributed by atoms with Gasteiger partial charge in [0.15, 0.2) is 0 Å². The predicted molar refractivity (Wildman–Crippen MR) is 87.8 cm³/mol. The van der Waals surface area contributed by atoms with E-state index in [4.69, 9.17) is 4.74 Å². The molecule has 22 heavy (non-hydrogen) atoms. The number of fused-ring (bicyclic) bond motifs is 1. The van der Waals surface area contributed by atoms with Crippen molar-refractivity contribution in [2.75, 3.05) is 11.4 Å². The van der Waals surface area contributed by atoms with Crippen LogP contribution >= 0.6 is 0 Å². The molecule has 0 aliphatic carbocycles. The van der Waals surface area contributed by atoms with E-state index in [9.17, 15) is 4.39 Å². The number of para-hydroxylation sites is 2. The first kappa shape index (κ1) is 14.9. The first-order chi connectivity index (χ1) is 10.7. The van der Waals surface area contributed by atoms with Crippen LogP contribution in [0.3, 0.4) is 0 Å². The molecule has 0 aromatic heterocycles. The van der Waals surface area contributed by atoms with Crippen molar-refractivity contribution in [1.82, 2.24) is 0 Å². The molecule has 3 heteroatoms. The van der Waals surface area contributed by atoms with E-state index in [0.29, 0.717) is 6.54 Å². The monoisotopic (exact) mass is 299 g/mol. The number of hydrogen-bond donors (Lipinski definition) is 0. The minimum atomic E-state index is -0.195. The molecule has 0 unspecified atom stereocenters. The standard InChI is InChI=1S/C19H22FNO/c1-3-19(4-2)14-21(13-15-9-5-6-10-16(15)20)17-11-7-8-12-18(17)22-19/h5-12H,3-4,13-14H2,1-2H3. The number of nitrogens with zero attached hydrogens (tertiary/aromatic N) is 1. The minimum Gasteiger partial charge on any atom is -0.483 e. The van der Waals surface area contributed by atoms with Crippen LogP contribution in [0.15, 0.2) is 48.5 Å². The molecule has 0 atom stereocenters. The molecule has 1 aliphatic rings. The van der Waals surface area contributed by atoms with E-state index in [2.05, 4.69) is 18.7 Å². The molecule has 3 rings (SSSR count). The molecule has 1 aliphatic heterocycles. The Bertz CT molecular complexity index is 651. The van der Waals surface area contributed by atoms with E-state index in [1.165, 1.54) is 6.07 Å². The van der Waals surface area contributed by atoms with E-state index in [-0.39, 0.29) is 11.4 Å². The van der Waals surface area contributed by atoms with Crippen molar-refractivity contribution in [2.45, 2.75) is 38.8 Å². The van der Waals surface area contributed by atoms with Gasteiger partial charge < -0.3 is 9.64 Å². The van der Waals surface area contributed by atoms with Gasteiger partial charge in [0.1, 0.15) is 17.2 Å². The summed E-state index contributed by atoms with van der Waals surface area (Å²) < 4.78 is 20.3. The van der Waals surface area contributed by atoms with Crippen LogP contribution in [-0.2, 0) is 6.54 Å². The van der Waals surface area contributed by atoms with Gasteiger partial charge in [-0.05, 0) is 31.0 Å². The van der Waals surface area contributed by atoms with Crippen molar-refractivity contribution < 1.29 is 9.13 Å². The van der Waals surface area contributed by atoms with Crippen LogP contribution < -0.4 is 9.64 Å². The molecule has 0 bridgehead atoms. The molecule has 1 heterocycles. The van der Waals surface area contributed by atoms with E-state index < -0.39 is 0 Å². The molecule has 2 nitrogen and oxygen atoms in total. The largest absolute Gasteiger partial charge is 0.483 e. The van der Waals surface area contributed by atoms with Gasteiger partial charge in [0, 0.05) is 12.1 Å². The van der Waals surface area contributed by atoms with E-state index in [1.807, 2.05) is 36.4 Å². The Balaban J connectivity index is 1.97. The van der Waals surface area contributed by atoms with Gasteiger partial charge in [-0.15, -0.1) is 0 Å². The maximum Gasteiger partial charge on any atom is 0.143 e. The molecule has 0 saturated carbocycles. The van der Waals surface area contributed by atoms with Crippen LogP contribution in [-0.4, -0.2) is 12.1 Å². The van der Waals surface area contributed by atoms with Crippen molar-refractivity contribution in [3.05, 3.63) is 59.9 Å². The lowest BCUT2D eigenvalue weighted by molar-refractivity contribution is 0.0569. The lowest BCUT2D eigenvalue weighted by Crippen LogP contribution is -2.50. The van der Waals surface area contributed by atoms with Gasteiger partial charge in [0.25, 0.3) is 0 Å². The smallest absolute Gasteiger partial charge is 0.143 e. The summed E-state index contributed by atoms with van der Waals surface area (Å²) in [4.78, 5) is 2.24. The normalized spacial score (nSPS) is 16.0. The van der Waals surface area contributed by atoms with Crippen molar-refractivity contribution in [1.29, 1.82) is 0 Å². The van der Waals surface area contributed by atoms with Gasteiger partial charge in [0.05, 0.1) is 12.2 Å². The summed E-state index contributed by atoms with van der Waals surface area (Å²) in [6.45, 7) is 5.65. The topological polar surface area (TPSA) is 12.5 Å². The lowest BCUT2D eigenvalue weighted by atomic mass is 9.93. The molecule has 2 aromatic rings. The minimum absolute atomic E-state index is 0.148. The molecular formula is C19H22FNO. The second-order valence-corrected chi connectivity index (χ2v) is 5.91. The Kier molecular flexibility index (Phi) is 4.06. The molecule has 0 fully saturated rings. The highest BCUT2D eigenvalue weighted by Crippen LogP contribution is 2.40. The van der Waals surface area contributed by atoms with Crippen molar-refractivity contribution >= 4 is 5.69 Å². The number of benzene rings is 2. The van der Waals surface area contributed by atoms with Gasteiger partial charge in [-0.1, -0.05) is 44.2 Å². The molecule has 0 spiro atoms. The van der Waals surface area contributed by atoms with Crippen LogP contribution in [0.5, 0.6) is 5.75 Å². The molecule has 0 amide bonds. The maximum absolute atomic E-state index is 14.0. The Labute approximate surface area is 131 Å². The van der Waals surface area contributed by atoms with Gasteiger partial charge in [-0.25, -0.2) is 4.39 Å². The molecule has 116 valence electrons. The van der Waals surface area contributed by atoms with E-state index in [1.54, 1.807) is 6.07 Å². The summed E-state index contributed by atoms with van der Waals surface area (Å²) in [5.74, 6) is 0.749. The summed E-state index contributed by atoms with van der Waals surface area (Å²) in [7, 11) is 0. The summed E-state index contributed by atoms with van der Waals surface area (Å²) >= 11 is 0. The average molecular weight is 299 g/mol. The van der Waals surface area contributed by atoms with Gasteiger partial charge in [0.2, 0.25) is 0 Å². The van der Waals surface area contributed by atoms with Crippen molar-refractivity contribution in [2.24, 2.45) is 0 Å². The number of halogens is 1. The molecule has 0 saturated heterocycles. The fourth-order valence-corrected chi connectivity index (χ4v) is 3.09. The summed E-state index contributed by atoms with van der Waals surface area (Å²) in [6, 6.07) is 15.0. The van der Waals surface area contributed by atoms with Crippen LogP contribution in [0.25, 0.3) is 0 Å². The Hall–Kier alpha value is -2.03. The fraction of sp³-hybridized carbons (Fsp3) is 0.368. The summed E-state index contributed by atoms with van der Waals surface area (Å²) in [5.41, 5.74) is 1.57. The fourth-order valence-electron chi connectivity index (χ4n) is 3.09. The quantitative estimate of drug-likeness (QED) is 0.805. The zero-order valence-electron chi connectivity index (χ0n) is 13.2. The molecule has 2 aromatic carbocycles. The maximum atomic E-state index is 14.0. The van der Waals surface area contributed by atoms with Crippen LogP contribution in [0.2, 0.25) is 0 Å². The SMILES string of the molecule is CCC1(CC)CN(Cc2ccccc2F)c2ccccc2O1. The Morgan fingerprint density at radius 3 is 2.45 bits per heavy atom. The number of ether oxygens (including phenoxy) is 1. The number of hydrogen-bond acceptors (Lipinski definition) is 2. The second-order valence-electron chi connectivity index (χ2n) is 5.91. The van der Waals surface area contributed by atoms with Crippen LogP contribution in [0.1, 0.15) is 32.3 Å². The van der Waals surface area contributed by atoms with E-state index >= 15 is 0 Å². The average Bonchev–Trinajstić information content (AvgIpc) is 2.56. The molecule has 0 radical (unpaired) electrons. The van der Waals surface area contributed by atoms with E-state index in [0.717, 1.165) is 36.4 Å². The highest BCUT2D eigenvalue weighted by molar-refractivity contribution is 5.61. The first-order valence-corrected chi connectivity index (χ1v) is 7.94. The zero-order chi connectivity index (χ0) is 15.6. The third-order valence-electron chi connectivity index (χ3n) is 4.62. The first-order valence-electron chi connectivity index (χ1n) is 7.94. The highest BCUT2D eigenvalue weighted by Gasteiger charge is 2.36. The summed E-state index contributed by atoms with van der Waals surface area (Å²) in [5, 5.41) is 0. The third kappa shape index (κ3) is 2.68. The van der Waals surface area contributed by atoms with Crippen molar-refractivity contribution in [3.63, 3.8) is 0 Å². The van der Waals surface area contributed by atoms with Crippen LogP contribution in [0, 0.1) is 5.82 Å². The van der Waals surface area contributed by atoms with Gasteiger partial charge in [-0.3, -0.25) is 0 Å². The zero-order valence-corrected chi connectivity index (χ0v) is 13.2. The highest BCUT2D eigenvalue weighted by atomic mass is 19.1. The third-order valence-corrected chi connectivity index (χ3v) is 4.62. The van der Waals surface area contributed by atoms with Gasteiger partial charge >= 0.3 is 0 Å². The van der Waals surface area contributed by atoms with Gasteiger partial charge in [-0.2, -0.15) is 0 Å². The van der Waals surface area contributed by atoms with Crippen molar-refractivity contribution in [3.8, 4) is 5.75 Å². The van der Waals surface area contributed by atoms with Crippen LogP contribution in [0.4, 0.5) is 10.1 Å². The molecular weight excluding hydrogens is 277 g/mol. The number of rotatable bonds is 4.